The van der Waals surface area contributed by atoms with Crippen molar-refractivity contribution < 1.29 is 22.6 Å². The van der Waals surface area contributed by atoms with E-state index in [1.807, 2.05) is 6.07 Å². The number of hydrogen-bond acceptors (Lipinski definition) is 9. The molecular weight excluding hydrogens is 625 g/mol. The molecule has 0 unspecified atom stereocenters. The number of nitrogens with zero attached hydrogens (tertiary/aromatic N) is 3. The van der Waals surface area contributed by atoms with Crippen LogP contribution in [0.4, 0.5) is 23.9 Å². The molecule has 1 aromatic heterocycles. The summed E-state index contributed by atoms with van der Waals surface area (Å²) in [5, 5.41) is 17.0. The minimum absolute atomic E-state index is 0.0381. The summed E-state index contributed by atoms with van der Waals surface area (Å²) in [6, 6.07) is 4.68. The van der Waals surface area contributed by atoms with Gasteiger partial charge in [0.2, 0.25) is 0 Å². The van der Waals surface area contributed by atoms with E-state index in [4.69, 9.17) is 26.8 Å². The molecule has 0 amide bonds. The first-order chi connectivity index (χ1) is 21.8. The monoisotopic (exact) mass is 654 g/mol. The van der Waals surface area contributed by atoms with E-state index in [0.29, 0.717) is 37.4 Å². The molecule has 4 N–H and O–H groups in total. The number of rotatable bonds is 4. The fraction of sp³-hybridized carbons (Fsp3) is 0.406. The molecule has 0 aliphatic carbocycles. The van der Waals surface area contributed by atoms with Crippen LogP contribution in [0, 0.1) is 23.0 Å². The summed E-state index contributed by atoms with van der Waals surface area (Å²) in [4.78, 5) is 4.30. The van der Waals surface area contributed by atoms with Crippen LogP contribution in [0.25, 0.3) is 21.2 Å². The van der Waals surface area contributed by atoms with Crippen molar-refractivity contribution in [1.29, 1.82) is 5.26 Å². The number of nitrogen functional groups attached to an aromatic ring is 1. The molecule has 6 heterocycles. The first-order valence-electron chi connectivity index (χ1n) is 15.1. The van der Waals surface area contributed by atoms with Crippen molar-refractivity contribution in [1.82, 2.24) is 15.1 Å². The van der Waals surface area contributed by atoms with Crippen molar-refractivity contribution in [3.05, 3.63) is 63.7 Å². The number of nitriles is 1. The summed E-state index contributed by atoms with van der Waals surface area (Å²) >= 11 is 7.97. The standard InChI is InChI=1S/C32H30ClF3N6O2S/c33-25-23(18-5-6-20(35)29-22(18)19(12-37)30(38)45-29)26(36)28-24-27(25)39-15-40-31(24)42-9-2-1-4-17(42)10-21(44-28)43-14-32-7-3-8-41(32)13-16(34)11-32/h4-6,10,16,31,39-40H,1-3,7-9,11,13-15,38H2/b21-10-/t16-,31-,32+/m1/s1. The zero-order valence-electron chi connectivity index (χ0n) is 24.2. The molecule has 8 nitrogen and oxygen atoms in total. The first-order valence-corrected chi connectivity index (χ1v) is 16.3. The molecule has 45 heavy (non-hydrogen) atoms. The molecule has 2 aromatic carbocycles. The molecular formula is C32H30ClF3N6O2S. The Morgan fingerprint density at radius 2 is 2.13 bits per heavy atom. The van der Waals surface area contributed by atoms with E-state index in [0.717, 1.165) is 49.3 Å². The Balaban J connectivity index is 1.30. The highest BCUT2D eigenvalue weighted by molar-refractivity contribution is 7.23. The highest BCUT2D eigenvalue weighted by atomic mass is 35.5. The van der Waals surface area contributed by atoms with Crippen LogP contribution in [0.5, 0.6) is 5.75 Å². The second kappa shape index (κ2) is 10.7. The number of halogens is 4. The topological polar surface area (TPSA) is 98.8 Å². The summed E-state index contributed by atoms with van der Waals surface area (Å²) in [6.07, 6.45) is 6.41. The summed E-state index contributed by atoms with van der Waals surface area (Å²) in [5.41, 5.74) is 7.72. The number of ether oxygens (including phenoxy) is 2. The maximum atomic E-state index is 17.2. The molecule has 5 aliphatic heterocycles. The van der Waals surface area contributed by atoms with Gasteiger partial charge in [-0.2, -0.15) is 5.26 Å². The molecule has 0 spiro atoms. The number of benzene rings is 2. The minimum Gasteiger partial charge on any atom is -0.463 e. The fourth-order valence-corrected chi connectivity index (χ4v) is 9.02. The zero-order chi connectivity index (χ0) is 31.0. The smallest absolute Gasteiger partial charge is 0.286 e. The molecule has 0 saturated carbocycles. The van der Waals surface area contributed by atoms with Gasteiger partial charge >= 0.3 is 0 Å². The van der Waals surface area contributed by atoms with Gasteiger partial charge in [0.05, 0.1) is 38.7 Å². The van der Waals surface area contributed by atoms with Gasteiger partial charge in [0.25, 0.3) is 5.95 Å². The number of allylic oxidation sites excluding steroid dienone is 2. The second-order valence-electron chi connectivity index (χ2n) is 12.2. The van der Waals surface area contributed by atoms with E-state index in [1.165, 1.54) is 12.1 Å². The van der Waals surface area contributed by atoms with Gasteiger partial charge in [-0.15, -0.1) is 11.3 Å². The Morgan fingerprint density at radius 1 is 1.27 bits per heavy atom. The van der Waals surface area contributed by atoms with E-state index < -0.39 is 29.5 Å². The summed E-state index contributed by atoms with van der Waals surface area (Å²) in [6.45, 7) is 2.44. The van der Waals surface area contributed by atoms with Crippen LogP contribution in [-0.2, 0) is 4.74 Å². The average molecular weight is 655 g/mol. The molecule has 2 saturated heterocycles. The van der Waals surface area contributed by atoms with Gasteiger partial charge in [0, 0.05) is 42.2 Å². The number of anilines is 2. The van der Waals surface area contributed by atoms with Crippen molar-refractivity contribution >= 4 is 43.7 Å². The third kappa shape index (κ3) is 4.39. The van der Waals surface area contributed by atoms with Crippen LogP contribution < -0.4 is 21.1 Å². The number of fused-ring (bicyclic) bond motifs is 4. The van der Waals surface area contributed by atoms with Gasteiger partial charge in [-0.1, -0.05) is 23.7 Å². The number of alkyl halides is 1. The van der Waals surface area contributed by atoms with Crippen molar-refractivity contribution in [3.8, 4) is 22.9 Å². The predicted octanol–water partition coefficient (Wildman–Crippen LogP) is 6.73. The van der Waals surface area contributed by atoms with Gasteiger partial charge in [-0.05, 0) is 43.9 Å². The number of thiophene rings is 1. The molecule has 5 aliphatic rings. The van der Waals surface area contributed by atoms with Gasteiger partial charge in [0.15, 0.2) is 11.6 Å². The SMILES string of the molecule is N#Cc1c(N)sc2c(F)ccc(-c3c(F)c4c5c(c3Cl)NCN[C@@H]5N3CCCC=C3/C=C(/OC[C@@]35CCCN3C[C@H](F)C5)O4)c12. The number of nitrogens with two attached hydrogens (primary N) is 1. The normalized spacial score (nSPS) is 26.8. The molecule has 8 rings (SSSR count). The van der Waals surface area contributed by atoms with Gasteiger partial charge < -0.3 is 25.4 Å². The summed E-state index contributed by atoms with van der Waals surface area (Å²) < 4.78 is 59.5. The van der Waals surface area contributed by atoms with Gasteiger partial charge in [-0.25, -0.2) is 13.2 Å². The molecule has 3 atom stereocenters. The second-order valence-corrected chi connectivity index (χ2v) is 13.7. The summed E-state index contributed by atoms with van der Waals surface area (Å²) in [5.74, 6) is -1.35. The largest absolute Gasteiger partial charge is 0.463 e. The Hall–Kier alpha value is -3.63. The van der Waals surface area contributed by atoms with Gasteiger partial charge in [-0.3, -0.25) is 10.2 Å². The Bertz CT molecular complexity index is 1860. The molecule has 0 radical (unpaired) electrons. The van der Waals surface area contributed by atoms with Crippen molar-refractivity contribution in [2.24, 2.45) is 0 Å². The Kier molecular flexibility index (Phi) is 6.87. The van der Waals surface area contributed by atoms with E-state index >= 15 is 4.39 Å². The quantitative estimate of drug-likeness (QED) is 0.285. The van der Waals surface area contributed by atoms with Crippen LogP contribution in [-0.4, -0.2) is 54.4 Å². The Morgan fingerprint density at radius 3 is 2.98 bits per heavy atom. The fourth-order valence-electron chi connectivity index (χ4n) is 7.72. The van der Waals surface area contributed by atoms with Crippen LogP contribution in [0.15, 0.2) is 35.9 Å². The van der Waals surface area contributed by atoms with Crippen LogP contribution >= 0.6 is 22.9 Å². The minimum atomic E-state index is -0.921. The highest BCUT2D eigenvalue weighted by Crippen LogP contribution is 2.53. The lowest BCUT2D eigenvalue weighted by atomic mass is 9.93. The maximum Gasteiger partial charge on any atom is 0.286 e. The highest BCUT2D eigenvalue weighted by Gasteiger charge is 2.49. The van der Waals surface area contributed by atoms with Crippen LogP contribution in [0.2, 0.25) is 5.02 Å². The van der Waals surface area contributed by atoms with Crippen molar-refractivity contribution in [2.45, 2.75) is 50.0 Å². The lowest BCUT2D eigenvalue weighted by Crippen LogP contribution is -2.45. The lowest BCUT2D eigenvalue weighted by molar-refractivity contribution is 0.0250. The Labute approximate surface area is 266 Å². The van der Waals surface area contributed by atoms with Crippen molar-refractivity contribution in [3.63, 3.8) is 0 Å². The third-order valence-electron chi connectivity index (χ3n) is 9.72. The van der Waals surface area contributed by atoms with E-state index in [9.17, 15) is 14.0 Å². The number of nitrogens with one attached hydrogen (secondary N) is 2. The zero-order valence-corrected chi connectivity index (χ0v) is 25.8. The van der Waals surface area contributed by atoms with Gasteiger partial charge in [0.1, 0.15) is 35.8 Å². The molecule has 0 bridgehead atoms. The van der Waals surface area contributed by atoms with E-state index in [-0.39, 0.29) is 55.1 Å². The average Bonchev–Trinajstić information content (AvgIpc) is 3.67. The maximum absolute atomic E-state index is 17.2. The summed E-state index contributed by atoms with van der Waals surface area (Å²) in [7, 11) is 0. The number of hydrogen-bond donors (Lipinski definition) is 3. The van der Waals surface area contributed by atoms with Crippen LogP contribution in [0.3, 0.4) is 0 Å². The third-order valence-corrected chi connectivity index (χ3v) is 11.1. The van der Waals surface area contributed by atoms with Crippen molar-refractivity contribution in [2.75, 3.05) is 44.0 Å². The molecule has 2 fully saturated rings. The van der Waals surface area contributed by atoms with E-state index in [2.05, 4.69) is 26.5 Å². The first kappa shape index (κ1) is 28.8. The molecule has 3 aromatic rings. The predicted molar refractivity (Wildman–Crippen MR) is 167 cm³/mol. The van der Waals surface area contributed by atoms with Crippen LogP contribution in [0.1, 0.15) is 49.4 Å². The molecule has 234 valence electrons. The molecule has 13 heteroatoms. The van der Waals surface area contributed by atoms with E-state index in [1.54, 1.807) is 6.08 Å². The lowest BCUT2D eigenvalue weighted by Gasteiger charge is -2.43.